The third-order valence-corrected chi connectivity index (χ3v) is 5.06. The van der Waals surface area contributed by atoms with E-state index in [0.717, 1.165) is 35.8 Å². The van der Waals surface area contributed by atoms with Crippen molar-refractivity contribution in [3.63, 3.8) is 0 Å². The molecule has 1 aromatic heterocycles. The quantitative estimate of drug-likeness (QED) is 0.276. The van der Waals surface area contributed by atoms with Gasteiger partial charge in [-0.3, -0.25) is 13.9 Å². The maximum Gasteiger partial charge on any atom is 0.332 e. The van der Waals surface area contributed by atoms with Crippen molar-refractivity contribution in [1.29, 1.82) is 0 Å². The van der Waals surface area contributed by atoms with Crippen LogP contribution in [0, 0.1) is 0 Å². The van der Waals surface area contributed by atoms with E-state index in [0.29, 0.717) is 24.6 Å². The van der Waals surface area contributed by atoms with Crippen molar-refractivity contribution in [2.24, 2.45) is 12.0 Å². The molecule has 0 bridgehead atoms. The summed E-state index contributed by atoms with van der Waals surface area (Å²) in [7, 11) is 1.55. The Morgan fingerprint density at radius 1 is 1.16 bits per heavy atom. The van der Waals surface area contributed by atoms with E-state index in [1.807, 2.05) is 12.1 Å². The maximum atomic E-state index is 13.0. The van der Waals surface area contributed by atoms with Crippen LogP contribution in [0.2, 0.25) is 5.02 Å². The van der Waals surface area contributed by atoms with Gasteiger partial charge >= 0.3 is 5.69 Å². The number of nitrogens with zero attached hydrogens (tertiary/aromatic N) is 3. The second-order valence-electron chi connectivity index (χ2n) is 7.22. The molecule has 0 unspecified atom stereocenters. The number of aliphatic hydroxyl groups excluding tert-OH is 1. The van der Waals surface area contributed by atoms with Crippen LogP contribution in [0.25, 0.3) is 0 Å². The van der Waals surface area contributed by atoms with Crippen LogP contribution in [0.15, 0.2) is 38.8 Å². The number of hydrogen-bond donors (Lipinski definition) is 2. The second kappa shape index (κ2) is 13.0. The molecule has 0 aliphatic heterocycles. The van der Waals surface area contributed by atoms with Crippen LogP contribution >= 0.6 is 11.6 Å². The van der Waals surface area contributed by atoms with Gasteiger partial charge in [-0.2, -0.15) is 0 Å². The van der Waals surface area contributed by atoms with E-state index in [9.17, 15) is 9.59 Å². The van der Waals surface area contributed by atoms with Crippen molar-refractivity contribution in [3.8, 4) is 0 Å². The first-order valence-corrected chi connectivity index (χ1v) is 10.9. The Balaban J connectivity index is 2.28. The summed E-state index contributed by atoms with van der Waals surface area (Å²) in [6.45, 7) is 3.03. The molecule has 170 valence electrons. The van der Waals surface area contributed by atoms with E-state index < -0.39 is 11.2 Å². The van der Waals surface area contributed by atoms with Crippen molar-refractivity contribution < 1.29 is 9.84 Å². The van der Waals surface area contributed by atoms with Crippen molar-refractivity contribution in [2.45, 2.75) is 52.1 Å². The van der Waals surface area contributed by atoms with Gasteiger partial charge in [0.15, 0.2) is 12.2 Å². The first-order chi connectivity index (χ1) is 15.0. The predicted octanol–water partition coefficient (Wildman–Crippen LogP) is 3.45. The largest absolute Gasteiger partial charge is 0.483 e. The van der Waals surface area contributed by atoms with E-state index in [1.54, 1.807) is 19.2 Å². The van der Waals surface area contributed by atoms with Gasteiger partial charge in [0.25, 0.3) is 5.56 Å². The molecule has 0 fully saturated rings. The number of anilines is 1. The van der Waals surface area contributed by atoms with Crippen molar-refractivity contribution in [2.75, 3.05) is 18.5 Å². The lowest BCUT2D eigenvalue weighted by Crippen LogP contribution is -2.40. The van der Waals surface area contributed by atoms with Gasteiger partial charge < -0.3 is 15.2 Å². The Bertz CT molecular complexity index is 967. The van der Waals surface area contributed by atoms with Crippen LogP contribution in [0.3, 0.4) is 0 Å². The minimum atomic E-state index is -0.495. The molecular weight excluding hydrogens is 420 g/mol. The SMILES string of the molecule is CCCCCCOC=Nc1c(NCc2ccc(Cl)cc2)c(=O)n(CCCO)c(=O)n1C. The molecule has 0 spiro atoms. The fourth-order valence-corrected chi connectivity index (χ4v) is 3.16. The van der Waals surface area contributed by atoms with Crippen molar-refractivity contribution in [3.05, 3.63) is 55.7 Å². The average Bonchev–Trinajstić information content (AvgIpc) is 2.77. The molecule has 9 heteroatoms. The zero-order valence-corrected chi connectivity index (χ0v) is 18.9. The molecule has 2 rings (SSSR count). The molecule has 0 saturated heterocycles. The van der Waals surface area contributed by atoms with Crippen LogP contribution < -0.4 is 16.6 Å². The molecule has 2 aromatic rings. The number of hydrogen-bond acceptors (Lipinski definition) is 6. The van der Waals surface area contributed by atoms with Gasteiger partial charge in [-0.05, 0) is 30.5 Å². The average molecular weight is 451 g/mol. The number of benzene rings is 1. The maximum absolute atomic E-state index is 13.0. The summed E-state index contributed by atoms with van der Waals surface area (Å²) in [5.41, 5.74) is 0.133. The number of aliphatic hydroxyl groups is 1. The number of nitrogens with one attached hydrogen (secondary N) is 1. The highest BCUT2D eigenvalue weighted by Gasteiger charge is 2.17. The fourth-order valence-electron chi connectivity index (χ4n) is 3.03. The first-order valence-electron chi connectivity index (χ1n) is 10.6. The van der Waals surface area contributed by atoms with Crippen LogP contribution in [-0.4, -0.2) is 33.9 Å². The lowest BCUT2D eigenvalue weighted by Gasteiger charge is -2.15. The van der Waals surface area contributed by atoms with Gasteiger partial charge in [-0.25, -0.2) is 9.79 Å². The Morgan fingerprint density at radius 3 is 2.58 bits per heavy atom. The van der Waals surface area contributed by atoms with E-state index in [-0.39, 0.29) is 24.7 Å². The molecule has 0 saturated carbocycles. The third kappa shape index (κ3) is 7.25. The van der Waals surface area contributed by atoms with Crippen LogP contribution in [0.5, 0.6) is 0 Å². The molecule has 8 nitrogen and oxygen atoms in total. The van der Waals surface area contributed by atoms with Crippen LogP contribution in [0.1, 0.15) is 44.6 Å². The molecule has 31 heavy (non-hydrogen) atoms. The Kier molecular flexibility index (Phi) is 10.3. The number of unbranched alkanes of at least 4 members (excludes halogenated alkanes) is 3. The Morgan fingerprint density at radius 2 is 1.90 bits per heavy atom. The molecule has 0 aliphatic carbocycles. The van der Waals surface area contributed by atoms with Crippen LogP contribution in [0.4, 0.5) is 11.5 Å². The highest BCUT2D eigenvalue weighted by Crippen LogP contribution is 2.19. The summed E-state index contributed by atoms with van der Waals surface area (Å²) in [6.07, 6.45) is 5.88. The number of aliphatic imine (C=N–C) groups is 1. The zero-order valence-electron chi connectivity index (χ0n) is 18.1. The number of aromatic nitrogens is 2. The standard InChI is InChI=1S/C22H31ClN4O4/c1-3-4-5-6-14-31-16-25-20-19(24-15-17-8-10-18(23)11-9-17)21(29)27(12-7-13-28)22(30)26(20)2/h8-11,16,24,28H,3-7,12-15H2,1-2H3. The lowest BCUT2D eigenvalue weighted by atomic mass is 10.2. The Hall–Kier alpha value is -2.58. The monoisotopic (exact) mass is 450 g/mol. The van der Waals surface area contributed by atoms with Gasteiger partial charge in [-0.1, -0.05) is 49.9 Å². The van der Waals surface area contributed by atoms with Crippen LogP contribution in [-0.2, 0) is 24.9 Å². The van der Waals surface area contributed by atoms with Crippen molar-refractivity contribution in [1.82, 2.24) is 9.13 Å². The molecule has 0 radical (unpaired) electrons. The summed E-state index contributed by atoms with van der Waals surface area (Å²) < 4.78 is 7.86. The minimum Gasteiger partial charge on any atom is -0.483 e. The summed E-state index contributed by atoms with van der Waals surface area (Å²) >= 11 is 5.93. The van der Waals surface area contributed by atoms with Gasteiger partial charge in [-0.15, -0.1) is 0 Å². The van der Waals surface area contributed by atoms with E-state index in [4.69, 9.17) is 21.4 Å². The number of rotatable bonds is 13. The van der Waals surface area contributed by atoms with E-state index in [2.05, 4.69) is 17.2 Å². The highest BCUT2D eigenvalue weighted by atomic mass is 35.5. The highest BCUT2D eigenvalue weighted by molar-refractivity contribution is 6.30. The third-order valence-electron chi connectivity index (χ3n) is 4.81. The summed E-state index contributed by atoms with van der Waals surface area (Å²) in [4.78, 5) is 30.0. The van der Waals surface area contributed by atoms with Gasteiger partial charge in [0.1, 0.15) is 5.69 Å². The minimum absolute atomic E-state index is 0.116. The summed E-state index contributed by atoms with van der Waals surface area (Å²) in [5.74, 6) is 0.192. The normalized spacial score (nSPS) is 11.2. The van der Waals surface area contributed by atoms with E-state index >= 15 is 0 Å². The fraction of sp³-hybridized carbons (Fsp3) is 0.500. The summed E-state index contributed by atoms with van der Waals surface area (Å²) in [5, 5.41) is 12.8. The second-order valence-corrected chi connectivity index (χ2v) is 7.66. The van der Waals surface area contributed by atoms with Gasteiger partial charge in [0, 0.05) is 31.8 Å². The number of halogens is 1. The smallest absolute Gasteiger partial charge is 0.332 e. The number of ether oxygens (including phenoxy) is 1. The zero-order chi connectivity index (χ0) is 22.6. The first kappa shape index (κ1) is 24.7. The van der Waals surface area contributed by atoms with Gasteiger partial charge in [0.2, 0.25) is 0 Å². The van der Waals surface area contributed by atoms with Gasteiger partial charge in [0.05, 0.1) is 6.61 Å². The molecule has 0 atom stereocenters. The molecule has 2 N–H and O–H groups in total. The summed E-state index contributed by atoms with van der Waals surface area (Å²) in [6, 6.07) is 7.24. The topological polar surface area (TPSA) is 97.8 Å². The Labute approximate surface area is 187 Å². The molecule has 1 aromatic carbocycles. The predicted molar refractivity (Wildman–Crippen MR) is 125 cm³/mol. The van der Waals surface area contributed by atoms with Crippen molar-refractivity contribution >= 4 is 29.5 Å². The molecule has 0 aliphatic rings. The van der Waals surface area contributed by atoms with E-state index in [1.165, 1.54) is 11.0 Å². The molecular formula is C22H31ClN4O4. The molecule has 0 amide bonds. The molecule has 1 heterocycles. The lowest BCUT2D eigenvalue weighted by molar-refractivity contribution is 0.277.